The van der Waals surface area contributed by atoms with Crippen LogP contribution in [0.2, 0.25) is 0 Å². The first-order valence-corrected chi connectivity index (χ1v) is 10.3. The largest absolute Gasteiger partial charge is 0.370 e. The predicted molar refractivity (Wildman–Crippen MR) is 115 cm³/mol. The van der Waals surface area contributed by atoms with Crippen LogP contribution in [0.15, 0.2) is 4.99 Å². The molecule has 9 N–H and O–H groups in total. The van der Waals surface area contributed by atoms with Crippen LogP contribution in [0.3, 0.4) is 0 Å². The fraction of sp³-hybridized carbons (Fsp3) is 0.842. The molecule has 0 saturated heterocycles. The average Bonchev–Trinajstić information content (AvgIpc) is 2.65. The Bertz CT molecular complexity index is 463. The van der Waals surface area contributed by atoms with Crippen molar-refractivity contribution in [1.29, 1.82) is 0 Å². The van der Waals surface area contributed by atoms with Crippen molar-refractivity contribution in [3.63, 3.8) is 0 Å². The van der Waals surface area contributed by atoms with Crippen LogP contribution < -0.4 is 33.2 Å². The van der Waals surface area contributed by atoms with E-state index < -0.39 is 5.41 Å². The number of nitrogens with two attached hydrogens (primary N) is 3. The number of guanidine groups is 1. The van der Waals surface area contributed by atoms with Crippen molar-refractivity contribution < 1.29 is 9.59 Å². The first-order chi connectivity index (χ1) is 13.3. The standard InChI is InChI=1S/C19H41N7O2/c1-19(2,17(28)25-14-8-7-11-23-12-9-10-20)16(27)24-13-5-3-4-6-15-26-18(21)22/h23H,3-15,20H2,1-2H3,(H,24,27)(H,25,28)(H4,21,22,26). The lowest BCUT2D eigenvalue weighted by Crippen LogP contribution is -2.48. The second-order valence-corrected chi connectivity index (χ2v) is 7.46. The summed E-state index contributed by atoms with van der Waals surface area (Å²) in [7, 11) is 0. The smallest absolute Gasteiger partial charge is 0.235 e. The highest BCUT2D eigenvalue weighted by molar-refractivity contribution is 6.04. The van der Waals surface area contributed by atoms with E-state index >= 15 is 0 Å². The van der Waals surface area contributed by atoms with Crippen molar-refractivity contribution in [2.75, 3.05) is 39.3 Å². The van der Waals surface area contributed by atoms with E-state index in [1.165, 1.54) is 0 Å². The molecule has 9 heteroatoms. The maximum absolute atomic E-state index is 12.3. The second kappa shape index (κ2) is 16.1. The Morgan fingerprint density at radius 2 is 1.29 bits per heavy atom. The third-order valence-electron chi connectivity index (χ3n) is 4.42. The molecule has 0 spiro atoms. The number of amides is 2. The van der Waals surface area contributed by atoms with Gasteiger partial charge in [0.05, 0.1) is 0 Å². The molecule has 0 bridgehead atoms. The zero-order valence-corrected chi connectivity index (χ0v) is 17.7. The molecule has 2 amide bonds. The Morgan fingerprint density at radius 1 is 0.786 bits per heavy atom. The topological polar surface area (TPSA) is 161 Å². The Labute approximate surface area is 169 Å². The maximum Gasteiger partial charge on any atom is 0.235 e. The number of nitrogens with one attached hydrogen (secondary N) is 3. The Balaban J connectivity index is 3.81. The fourth-order valence-electron chi connectivity index (χ4n) is 2.47. The normalized spacial score (nSPS) is 11.1. The van der Waals surface area contributed by atoms with E-state index in [9.17, 15) is 9.59 Å². The van der Waals surface area contributed by atoms with E-state index in [-0.39, 0.29) is 17.8 Å². The lowest BCUT2D eigenvalue weighted by molar-refractivity contribution is -0.141. The van der Waals surface area contributed by atoms with Gasteiger partial charge < -0.3 is 33.2 Å². The number of hydrogen-bond donors (Lipinski definition) is 6. The van der Waals surface area contributed by atoms with Crippen molar-refractivity contribution in [3.05, 3.63) is 0 Å². The number of carbonyl (C=O) groups excluding carboxylic acids is 2. The number of carbonyl (C=O) groups is 2. The Hall–Kier alpha value is -1.87. The second-order valence-electron chi connectivity index (χ2n) is 7.46. The molecule has 0 aliphatic rings. The molecule has 0 aliphatic carbocycles. The molecular weight excluding hydrogens is 358 g/mol. The monoisotopic (exact) mass is 399 g/mol. The van der Waals surface area contributed by atoms with E-state index in [0.29, 0.717) is 26.2 Å². The van der Waals surface area contributed by atoms with E-state index in [1.807, 2.05) is 0 Å². The van der Waals surface area contributed by atoms with E-state index in [0.717, 1.165) is 58.0 Å². The summed E-state index contributed by atoms with van der Waals surface area (Å²) in [6.45, 7) is 7.60. The van der Waals surface area contributed by atoms with Crippen molar-refractivity contribution in [1.82, 2.24) is 16.0 Å². The molecule has 0 aromatic heterocycles. The highest BCUT2D eigenvalue weighted by Crippen LogP contribution is 2.15. The van der Waals surface area contributed by atoms with Gasteiger partial charge >= 0.3 is 0 Å². The predicted octanol–water partition coefficient (Wildman–Crippen LogP) is -0.203. The average molecular weight is 400 g/mol. The molecule has 9 nitrogen and oxygen atoms in total. The summed E-state index contributed by atoms with van der Waals surface area (Å²) in [5.41, 5.74) is 14.9. The van der Waals surface area contributed by atoms with Crippen molar-refractivity contribution >= 4 is 17.8 Å². The van der Waals surface area contributed by atoms with Crippen LogP contribution in [0.25, 0.3) is 0 Å². The first-order valence-electron chi connectivity index (χ1n) is 10.3. The fourth-order valence-corrected chi connectivity index (χ4v) is 2.47. The molecule has 0 aromatic rings. The lowest BCUT2D eigenvalue weighted by atomic mass is 9.91. The quantitative estimate of drug-likeness (QED) is 0.0859. The molecule has 28 heavy (non-hydrogen) atoms. The van der Waals surface area contributed by atoms with Gasteiger partial charge in [-0.2, -0.15) is 0 Å². The number of aliphatic imine (C=N–C) groups is 1. The summed E-state index contributed by atoms with van der Waals surface area (Å²) in [4.78, 5) is 28.5. The third kappa shape index (κ3) is 13.3. The van der Waals surface area contributed by atoms with Gasteiger partial charge in [-0.1, -0.05) is 12.8 Å². The molecule has 0 unspecified atom stereocenters. The summed E-state index contributed by atoms with van der Waals surface area (Å²) in [6.07, 6.45) is 6.58. The van der Waals surface area contributed by atoms with Crippen LogP contribution in [-0.2, 0) is 9.59 Å². The van der Waals surface area contributed by atoms with E-state index in [4.69, 9.17) is 17.2 Å². The van der Waals surface area contributed by atoms with Gasteiger partial charge in [0.15, 0.2) is 5.96 Å². The van der Waals surface area contributed by atoms with Crippen LogP contribution in [0.1, 0.15) is 58.8 Å². The van der Waals surface area contributed by atoms with Crippen LogP contribution in [0, 0.1) is 5.41 Å². The molecule has 0 fully saturated rings. The summed E-state index contributed by atoms with van der Waals surface area (Å²) in [6, 6.07) is 0. The number of unbranched alkanes of at least 4 members (excludes halogenated alkanes) is 4. The Kier molecular flexibility index (Phi) is 15.0. The Morgan fingerprint density at radius 3 is 1.86 bits per heavy atom. The molecule has 0 aromatic carbocycles. The molecule has 0 heterocycles. The zero-order chi connectivity index (χ0) is 21.3. The van der Waals surface area contributed by atoms with Gasteiger partial charge in [0.2, 0.25) is 11.8 Å². The summed E-state index contributed by atoms with van der Waals surface area (Å²) in [5, 5.41) is 9.01. The van der Waals surface area contributed by atoms with Gasteiger partial charge in [0.1, 0.15) is 5.41 Å². The lowest BCUT2D eigenvalue weighted by Gasteiger charge is -2.22. The molecular formula is C19H41N7O2. The first kappa shape index (κ1) is 26.1. The third-order valence-corrected chi connectivity index (χ3v) is 4.42. The van der Waals surface area contributed by atoms with Gasteiger partial charge in [0.25, 0.3) is 0 Å². The number of nitrogens with zero attached hydrogens (tertiary/aromatic N) is 1. The SMILES string of the molecule is CC(C)(C(=O)NCCCCCCN=C(N)N)C(=O)NCCCCNCCCN. The molecule has 0 rings (SSSR count). The summed E-state index contributed by atoms with van der Waals surface area (Å²) in [5.74, 6) is -0.362. The summed E-state index contributed by atoms with van der Waals surface area (Å²) >= 11 is 0. The number of hydrogen-bond acceptors (Lipinski definition) is 5. The molecule has 0 atom stereocenters. The van der Waals surface area contributed by atoms with Crippen molar-refractivity contribution in [2.24, 2.45) is 27.6 Å². The summed E-state index contributed by atoms with van der Waals surface area (Å²) < 4.78 is 0. The van der Waals surface area contributed by atoms with Gasteiger partial charge in [-0.3, -0.25) is 14.6 Å². The van der Waals surface area contributed by atoms with Gasteiger partial charge in [0, 0.05) is 19.6 Å². The van der Waals surface area contributed by atoms with E-state index in [1.54, 1.807) is 13.8 Å². The highest BCUT2D eigenvalue weighted by Gasteiger charge is 2.35. The highest BCUT2D eigenvalue weighted by atomic mass is 16.2. The van der Waals surface area contributed by atoms with Crippen LogP contribution >= 0.6 is 0 Å². The van der Waals surface area contributed by atoms with Crippen LogP contribution in [0.5, 0.6) is 0 Å². The zero-order valence-electron chi connectivity index (χ0n) is 17.7. The van der Waals surface area contributed by atoms with E-state index in [2.05, 4.69) is 20.9 Å². The maximum atomic E-state index is 12.3. The molecule has 0 saturated carbocycles. The minimum Gasteiger partial charge on any atom is -0.370 e. The molecule has 0 radical (unpaired) electrons. The van der Waals surface area contributed by atoms with Crippen molar-refractivity contribution in [3.8, 4) is 0 Å². The van der Waals surface area contributed by atoms with Gasteiger partial charge in [-0.05, 0) is 65.6 Å². The van der Waals surface area contributed by atoms with Crippen LogP contribution in [-0.4, -0.2) is 57.0 Å². The van der Waals surface area contributed by atoms with Crippen molar-refractivity contribution in [2.45, 2.75) is 58.8 Å². The molecule has 164 valence electrons. The van der Waals surface area contributed by atoms with Gasteiger partial charge in [-0.15, -0.1) is 0 Å². The number of rotatable bonds is 17. The van der Waals surface area contributed by atoms with Crippen LogP contribution in [0.4, 0.5) is 0 Å². The minimum absolute atomic E-state index is 0.118. The molecule has 0 aliphatic heterocycles. The van der Waals surface area contributed by atoms with Gasteiger partial charge in [-0.25, -0.2) is 0 Å². The minimum atomic E-state index is -1.08.